The number of hydrogen-bond acceptors (Lipinski definition) is 6. The van der Waals surface area contributed by atoms with Gasteiger partial charge in [-0.05, 0) is 32.4 Å². The molecule has 3 rings (SSSR count). The number of hydrogen-bond donors (Lipinski definition) is 2. The summed E-state index contributed by atoms with van der Waals surface area (Å²) in [5.74, 6) is 0.535. The minimum absolute atomic E-state index is 0.269. The maximum absolute atomic E-state index is 12.6. The molecule has 2 N–H and O–H groups in total. The van der Waals surface area contributed by atoms with Crippen molar-refractivity contribution in [2.45, 2.75) is 33.2 Å². The molecule has 2 aliphatic rings. The van der Waals surface area contributed by atoms with Gasteiger partial charge in [-0.3, -0.25) is 4.90 Å². The van der Waals surface area contributed by atoms with Gasteiger partial charge in [-0.15, -0.1) is 0 Å². The topological polar surface area (TPSA) is 83.1 Å². The van der Waals surface area contributed by atoms with Gasteiger partial charge in [-0.2, -0.15) is 0 Å². The zero-order valence-electron chi connectivity index (χ0n) is 18.1. The van der Waals surface area contributed by atoms with E-state index in [1.165, 1.54) is 0 Å². The van der Waals surface area contributed by atoms with Gasteiger partial charge >= 0.3 is 12.0 Å². The summed E-state index contributed by atoms with van der Waals surface area (Å²) in [6.45, 7) is 10.5. The molecule has 2 aliphatic heterocycles. The summed E-state index contributed by atoms with van der Waals surface area (Å²) in [6.07, 6.45) is 0.632. The summed E-state index contributed by atoms with van der Waals surface area (Å²) in [6, 6.07) is 7.49. The third-order valence-corrected chi connectivity index (χ3v) is 5.41. The zero-order chi connectivity index (χ0) is 21.5. The number of carbonyl (C=O) groups excluding carboxylic acids is 2. The van der Waals surface area contributed by atoms with Crippen LogP contribution in [0.15, 0.2) is 35.5 Å². The summed E-state index contributed by atoms with van der Waals surface area (Å²) < 4.78 is 11.0. The van der Waals surface area contributed by atoms with Gasteiger partial charge in [0.05, 0.1) is 30.5 Å². The molecule has 2 heterocycles. The van der Waals surface area contributed by atoms with Gasteiger partial charge in [0.2, 0.25) is 0 Å². The van der Waals surface area contributed by atoms with Crippen LogP contribution >= 0.6 is 0 Å². The Kier molecular flexibility index (Phi) is 7.57. The van der Waals surface area contributed by atoms with Gasteiger partial charge in [0.1, 0.15) is 5.75 Å². The number of rotatable bonds is 8. The van der Waals surface area contributed by atoms with Crippen molar-refractivity contribution in [3.63, 3.8) is 0 Å². The van der Waals surface area contributed by atoms with Crippen molar-refractivity contribution >= 4 is 17.7 Å². The molecule has 0 aliphatic carbocycles. The molecule has 0 saturated carbocycles. The van der Waals surface area contributed by atoms with Crippen molar-refractivity contribution < 1.29 is 19.1 Å². The molecule has 1 atom stereocenters. The summed E-state index contributed by atoms with van der Waals surface area (Å²) >= 11 is 0. The van der Waals surface area contributed by atoms with E-state index in [-0.39, 0.29) is 18.0 Å². The summed E-state index contributed by atoms with van der Waals surface area (Å²) in [4.78, 5) is 29.2. The maximum atomic E-state index is 12.6. The lowest BCUT2D eigenvalue weighted by Crippen LogP contribution is -2.54. The minimum atomic E-state index is -0.365. The Morgan fingerprint density at radius 1 is 1.10 bits per heavy atom. The number of anilines is 1. The molecular weight excluding hydrogens is 384 g/mol. The monoisotopic (exact) mass is 416 g/mol. The van der Waals surface area contributed by atoms with Crippen LogP contribution in [0.3, 0.4) is 0 Å². The molecular formula is C22H32N4O4. The van der Waals surface area contributed by atoms with E-state index in [1.807, 2.05) is 32.0 Å². The van der Waals surface area contributed by atoms with Gasteiger partial charge in [-0.1, -0.05) is 19.1 Å². The second kappa shape index (κ2) is 10.3. The third kappa shape index (κ3) is 5.05. The average molecular weight is 417 g/mol. The third-order valence-electron chi connectivity index (χ3n) is 5.41. The fourth-order valence-corrected chi connectivity index (χ4v) is 3.95. The van der Waals surface area contributed by atoms with Gasteiger partial charge in [-0.25, -0.2) is 9.59 Å². The SMILES string of the molecule is CCOC(=O)C1=C(CN2CCN(c3ccccc3OCC)CC2)NC(=O)N[C@@H]1CC. The molecule has 1 saturated heterocycles. The number of ether oxygens (including phenoxy) is 2. The number of nitrogens with one attached hydrogen (secondary N) is 2. The number of para-hydroxylation sites is 2. The smallest absolute Gasteiger partial charge is 0.337 e. The van der Waals surface area contributed by atoms with E-state index < -0.39 is 0 Å². The quantitative estimate of drug-likeness (QED) is 0.632. The predicted octanol–water partition coefficient (Wildman–Crippen LogP) is 2.12. The number of esters is 1. The molecule has 1 aromatic carbocycles. The Bertz CT molecular complexity index is 787. The highest BCUT2D eigenvalue weighted by atomic mass is 16.5. The van der Waals surface area contributed by atoms with Gasteiger partial charge in [0, 0.05) is 38.4 Å². The van der Waals surface area contributed by atoms with Crippen molar-refractivity contribution in [1.82, 2.24) is 15.5 Å². The molecule has 30 heavy (non-hydrogen) atoms. The van der Waals surface area contributed by atoms with Crippen LogP contribution in [-0.2, 0) is 9.53 Å². The minimum Gasteiger partial charge on any atom is -0.492 e. The number of amides is 2. The van der Waals surface area contributed by atoms with E-state index in [9.17, 15) is 9.59 Å². The van der Waals surface area contributed by atoms with Gasteiger partial charge < -0.3 is 25.0 Å². The standard InChI is InChI=1S/C22H32N4O4/c1-4-16-20(21(27)30-6-3)17(24-22(28)23-16)15-25-11-13-26(14-12-25)18-9-7-8-10-19(18)29-5-2/h7-10,16H,4-6,11-15H2,1-3H3,(H2,23,24,28)/t16-/m1/s1. The highest BCUT2D eigenvalue weighted by Crippen LogP contribution is 2.29. The predicted molar refractivity (Wildman–Crippen MR) is 116 cm³/mol. The second-order valence-corrected chi connectivity index (χ2v) is 7.34. The molecule has 0 unspecified atom stereocenters. The van der Waals surface area contributed by atoms with E-state index in [2.05, 4.69) is 26.5 Å². The van der Waals surface area contributed by atoms with Crippen LogP contribution in [0.4, 0.5) is 10.5 Å². The highest BCUT2D eigenvalue weighted by Gasteiger charge is 2.32. The van der Waals surface area contributed by atoms with E-state index >= 15 is 0 Å². The van der Waals surface area contributed by atoms with E-state index in [1.54, 1.807) is 6.92 Å². The van der Waals surface area contributed by atoms with E-state index in [0.29, 0.717) is 37.4 Å². The lowest BCUT2D eigenvalue weighted by atomic mass is 10.00. The second-order valence-electron chi connectivity index (χ2n) is 7.34. The van der Waals surface area contributed by atoms with Crippen molar-refractivity contribution in [2.75, 3.05) is 50.8 Å². The first kappa shape index (κ1) is 22.0. The fourth-order valence-electron chi connectivity index (χ4n) is 3.95. The first-order chi connectivity index (χ1) is 14.6. The van der Waals surface area contributed by atoms with Crippen molar-refractivity contribution in [3.05, 3.63) is 35.5 Å². The molecule has 8 nitrogen and oxygen atoms in total. The molecule has 8 heteroatoms. The Morgan fingerprint density at radius 3 is 2.50 bits per heavy atom. The zero-order valence-corrected chi connectivity index (χ0v) is 18.1. The fraction of sp³-hybridized carbons (Fsp3) is 0.545. The molecule has 1 aromatic rings. The van der Waals surface area contributed by atoms with Crippen LogP contribution in [0.25, 0.3) is 0 Å². The van der Waals surface area contributed by atoms with Crippen LogP contribution in [0.1, 0.15) is 27.2 Å². The van der Waals surface area contributed by atoms with E-state index in [4.69, 9.17) is 9.47 Å². The lowest BCUT2D eigenvalue weighted by Gasteiger charge is -2.38. The van der Waals surface area contributed by atoms with Crippen molar-refractivity contribution in [2.24, 2.45) is 0 Å². The molecule has 164 valence electrons. The summed E-state index contributed by atoms with van der Waals surface area (Å²) in [5.41, 5.74) is 2.28. The number of piperazine rings is 1. The van der Waals surface area contributed by atoms with Crippen LogP contribution in [0.2, 0.25) is 0 Å². The van der Waals surface area contributed by atoms with Crippen LogP contribution < -0.4 is 20.3 Å². The maximum Gasteiger partial charge on any atom is 0.337 e. The first-order valence-corrected chi connectivity index (χ1v) is 10.7. The number of urea groups is 1. The van der Waals surface area contributed by atoms with Gasteiger partial charge in [0.15, 0.2) is 0 Å². The first-order valence-electron chi connectivity index (χ1n) is 10.7. The van der Waals surface area contributed by atoms with Crippen LogP contribution in [0, 0.1) is 0 Å². The Hall–Kier alpha value is -2.74. The number of carbonyl (C=O) groups is 2. The molecule has 0 bridgehead atoms. The molecule has 0 spiro atoms. The lowest BCUT2D eigenvalue weighted by molar-refractivity contribution is -0.139. The largest absolute Gasteiger partial charge is 0.492 e. The summed E-state index contributed by atoms with van der Waals surface area (Å²) in [7, 11) is 0. The van der Waals surface area contributed by atoms with Crippen molar-refractivity contribution in [3.8, 4) is 5.75 Å². The van der Waals surface area contributed by atoms with Crippen LogP contribution in [0.5, 0.6) is 5.75 Å². The summed E-state index contributed by atoms with van der Waals surface area (Å²) in [5, 5.41) is 5.66. The Labute approximate surface area is 178 Å². The number of benzene rings is 1. The molecule has 0 aromatic heterocycles. The molecule has 1 fully saturated rings. The Balaban J connectivity index is 1.70. The normalized spacial score (nSPS) is 19.9. The number of nitrogens with zero attached hydrogens (tertiary/aromatic N) is 2. The van der Waals surface area contributed by atoms with Gasteiger partial charge in [0.25, 0.3) is 0 Å². The molecule has 0 radical (unpaired) electrons. The van der Waals surface area contributed by atoms with E-state index in [0.717, 1.165) is 37.6 Å². The highest BCUT2D eigenvalue weighted by molar-refractivity contribution is 5.94. The van der Waals surface area contributed by atoms with Crippen molar-refractivity contribution in [1.29, 1.82) is 0 Å². The molecule has 2 amide bonds. The van der Waals surface area contributed by atoms with Crippen LogP contribution in [-0.4, -0.2) is 68.9 Å². The average Bonchev–Trinajstić information content (AvgIpc) is 2.74. The Morgan fingerprint density at radius 2 is 1.83 bits per heavy atom.